The number of carbonyl (C=O) groups is 2. The first-order valence-corrected chi connectivity index (χ1v) is 5.92. The molecule has 5 heteroatoms. The largest absolute Gasteiger partial charge is 0.465 e. The SMILES string of the molecule is [2H]c1cscc1C(C(=O)OCC)C(=O)OCC. The lowest BCUT2D eigenvalue weighted by molar-refractivity contribution is -0.156. The smallest absolute Gasteiger partial charge is 0.324 e. The third-order valence-electron chi connectivity index (χ3n) is 1.84. The molecule has 0 aliphatic rings. The average molecular weight is 243 g/mol. The molecule has 1 aromatic rings. The van der Waals surface area contributed by atoms with Crippen LogP contribution in [0.2, 0.25) is 0 Å². The highest BCUT2D eigenvalue weighted by Crippen LogP contribution is 2.21. The Morgan fingerprint density at radius 1 is 1.38 bits per heavy atom. The Bertz CT molecular complexity index is 384. The molecule has 0 radical (unpaired) electrons. The lowest BCUT2D eigenvalue weighted by Gasteiger charge is -2.12. The zero-order valence-electron chi connectivity index (χ0n) is 10.2. The van der Waals surface area contributed by atoms with Crippen molar-refractivity contribution in [2.45, 2.75) is 19.8 Å². The predicted molar refractivity (Wildman–Crippen MR) is 60.3 cm³/mol. The highest BCUT2D eigenvalue weighted by Gasteiger charge is 2.31. The van der Waals surface area contributed by atoms with Crippen molar-refractivity contribution in [2.24, 2.45) is 0 Å². The molecule has 0 N–H and O–H groups in total. The number of esters is 2. The van der Waals surface area contributed by atoms with Crippen LogP contribution in [-0.4, -0.2) is 25.2 Å². The first-order valence-electron chi connectivity index (χ1n) is 5.47. The summed E-state index contributed by atoms with van der Waals surface area (Å²) < 4.78 is 17.3. The van der Waals surface area contributed by atoms with E-state index in [0.29, 0.717) is 5.56 Å². The number of carbonyl (C=O) groups excluding carboxylic acids is 2. The van der Waals surface area contributed by atoms with Crippen molar-refractivity contribution in [1.29, 1.82) is 0 Å². The highest BCUT2D eigenvalue weighted by molar-refractivity contribution is 7.08. The molecule has 0 unspecified atom stereocenters. The summed E-state index contributed by atoms with van der Waals surface area (Å²) in [5, 5.41) is 3.15. The number of rotatable bonds is 5. The molecular formula is C11H14O4S. The summed E-state index contributed by atoms with van der Waals surface area (Å²) in [6.45, 7) is 3.70. The van der Waals surface area contributed by atoms with Crippen molar-refractivity contribution >= 4 is 23.3 Å². The molecule has 1 heterocycles. The first-order chi connectivity index (χ1) is 8.11. The number of hydrogen-bond acceptors (Lipinski definition) is 5. The van der Waals surface area contributed by atoms with Gasteiger partial charge in [0.25, 0.3) is 0 Å². The van der Waals surface area contributed by atoms with E-state index in [9.17, 15) is 9.59 Å². The molecule has 16 heavy (non-hydrogen) atoms. The van der Waals surface area contributed by atoms with Gasteiger partial charge >= 0.3 is 11.9 Å². The molecule has 0 atom stereocenters. The summed E-state index contributed by atoms with van der Waals surface area (Å²) in [7, 11) is 0. The number of hydrogen-bond donors (Lipinski definition) is 0. The predicted octanol–water partition coefficient (Wildman–Crippen LogP) is 1.96. The van der Waals surface area contributed by atoms with Gasteiger partial charge in [-0.05, 0) is 36.2 Å². The normalized spacial score (nSPS) is 11.1. The summed E-state index contributed by atoms with van der Waals surface area (Å²) in [5.41, 5.74) is 0.340. The summed E-state index contributed by atoms with van der Waals surface area (Å²) in [5.74, 6) is -2.48. The van der Waals surface area contributed by atoms with Crippen LogP contribution in [0.4, 0.5) is 0 Å². The zero-order valence-corrected chi connectivity index (χ0v) is 10.0. The Labute approximate surface area is 99.6 Å². The van der Waals surface area contributed by atoms with Gasteiger partial charge in [0.15, 0.2) is 5.92 Å². The quantitative estimate of drug-likeness (QED) is 0.586. The molecule has 0 aliphatic heterocycles. The summed E-state index contributed by atoms with van der Waals surface area (Å²) in [6, 6.07) is 0.154. The van der Waals surface area contributed by atoms with Crippen molar-refractivity contribution in [3.05, 3.63) is 22.4 Å². The van der Waals surface area contributed by atoms with E-state index in [1.807, 2.05) is 0 Å². The minimum absolute atomic E-state index is 0.154. The molecule has 0 aromatic carbocycles. The van der Waals surface area contributed by atoms with Crippen molar-refractivity contribution in [3.8, 4) is 0 Å². The van der Waals surface area contributed by atoms with Crippen LogP contribution >= 0.6 is 11.3 Å². The Morgan fingerprint density at radius 3 is 2.31 bits per heavy atom. The van der Waals surface area contributed by atoms with E-state index >= 15 is 0 Å². The minimum atomic E-state index is -1.14. The second kappa shape index (κ2) is 6.27. The minimum Gasteiger partial charge on any atom is -0.465 e. The molecule has 0 amide bonds. The molecule has 0 saturated heterocycles. The Balaban J connectivity index is 2.98. The van der Waals surface area contributed by atoms with Crippen LogP contribution in [0.3, 0.4) is 0 Å². The van der Waals surface area contributed by atoms with Crippen LogP contribution in [-0.2, 0) is 19.1 Å². The second-order valence-electron chi connectivity index (χ2n) is 2.91. The van der Waals surface area contributed by atoms with E-state index in [0.717, 1.165) is 0 Å². The fourth-order valence-electron chi connectivity index (χ4n) is 1.20. The monoisotopic (exact) mass is 243 g/mol. The molecule has 0 bridgehead atoms. The van der Waals surface area contributed by atoms with Crippen molar-refractivity contribution in [1.82, 2.24) is 0 Å². The standard InChI is InChI=1S/C11H14O4S/c1-3-14-10(12)9(11(13)15-4-2)8-5-6-16-7-8/h5-7,9H,3-4H2,1-2H3/i5D. The molecule has 88 valence electrons. The molecule has 4 nitrogen and oxygen atoms in total. The molecule has 0 aliphatic carbocycles. The second-order valence-corrected chi connectivity index (χ2v) is 3.65. The maximum Gasteiger partial charge on any atom is 0.324 e. The lowest BCUT2D eigenvalue weighted by Crippen LogP contribution is -2.25. The maximum absolute atomic E-state index is 11.7. The fourth-order valence-corrected chi connectivity index (χ4v) is 1.82. The van der Waals surface area contributed by atoms with E-state index in [2.05, 4.69) is 0 Å². The van der Waals surface area contributed by atoms with Crippen LogP contribution in [0, 0.1) is 0 Å². The molecule has 0 fully saturated rings. The van der Waals surface area contributed by atoms with Crippen LogP contribution in [0.25, 0.3) is 0 Å². The fraction of sp³-hybridized carbons (Fsp3) is 0.455. The number of thiophene rings is 1. The van der Waals surface area contributed by atoms with E-state index in [4.69, 9.17) is 10.8 Å². The summed E-state index contributed by atoms with van der Waals surface area (Å²) in [6.07, 6.45) is 0. The van der Waals surface area contributed by atoms with E-state index in [-0.39, 0.29) is 19.3 Å². The van der Waals surface area contributed by atoms with Gasteiger partial charge in [0.1, 0.15) is 0 Å². The van der Waals surface area contributed by atoms with Gasteiger partial charge in [0.05, 0.1) is 14.6 Å². The van der Waals surface area contributed by atoms with Crippen LogP contribution in [0.1, 0.15) is 26.7 Å². The molecule has 1 rings (SSSR count). The third kappa shape index (κ3) is 3.06. The molecule has 0 saturated carbocycles. The van der Waals surface area contributed by atoms with Gasteiger partial charge in [-0.3, -0.25) is 9.59 Å². The third-order valence-corrected chi connectivity index (χ3v) is 2.49. The van der Waals surface area contributed by atoms with Gasteiger partial charge < -0.3 is 9.47 Å². The Kier molecular flexibility index (Phi) is 4.37. The van der Waals surface area contributed by atoms with Gasteiger partial charge in [0, 0.05) is 0 Å². The summed E-state index contributed by atoms with van der Waals surface area (Å²) in [4.78, 5) is 23.4. The molecular weight excluding hydrogens is 228 g/mol. The lowest BCUT2D eigenvalue weighted by atomic mass is 10.0. The van der Waals surface area contributed by atoms with Crippen molar-refractivity contribution < 1.29 is 20.4 Å². The number of ether oxygens (including phenoxy) is 2. The zero-order chi connectivity index (χ0) is 12.8. The molecule has 0 spiro atoms. The maximum atomic E-state index is 11.7. The van der Waals surface area contributed by atoms with Crippen LogP contribution < -0.4 is 0 Å². The van der Waals surface area contributed by atoms with E-state index < -0.39 is 17.9 Å². The van der Waals surface area contributed by atoms with Gasteiger partial charge in [-0.1, -0.05) is 0 Å². The van der Waals surface area contributed by atoms with E-state index in [1.165, 1.54) is 11.3 Å². The summed E-state index contributed by atoms with van der Waals surface area (Å²) >= 11 is 1.26. The van der Waals surface area contributed by atoms with Gasteiger partial charge in [-0.25, -0.2) is 0 Å². The van der Waals surface area contributed by atoms with Crippen molar-refractivity contribution in [3.63, 3.8) is 0 Å². The van der Waals surface area contributed by atoms with Crippen LogP contribution in [0.15, 0.2) is 16.8 Å². The van der Waals surface area contributed by atoms with Gasteiger partial charge in [0.2, 0.25) is 0 Å². The Morgan fingerprint density at radius 2 is 1.94 bits per heavy atom. The van der Waals surface area contributed by atoms with Crippen LogP contribution in [0.5, 0.6) is 0 Å². The van der Waals surface area contributed by atoms with Gasteiger partial charge in [-0.2, -0.15) is 11.3 Å². The topological polar surface area (TPSA) is 52.6 Å². The first kappa shape index (κ1) is 11.1. The van der Waals surface area contributed by atoms with Crippen molar-refractivity contribution in [2.75, 3.05) is 13.2 Å². The van der Waals surface area contributed by atoms with E-state index in [1.54, 1.807) is 24.6 Å². The highest BCUT2D eigenvalue weighted by atomic mass is 32.1. The van der Waals surface area contributed by atoms with Gasteiger partial charge in [-0.15, -0.1) is 0 Å². The average Bonchev–Trinajstić information content (AvgIpc) is 2.66. The Hall–Kier alpha value is -1.36. The molecule has 1 aromatic heterocycles.